The monoisotopic (exact) mass is 281 g/mol. The summed E-state index contributed by atoms with van der Waals surface area (Å²) in [4.78, 5) is 26.0. The van der Waals surface area contributed by atoms with Crippen molar-refractivity contribution in [2.24, 2.45) is 17.6 Å². The Kier molecular flexibility index (Phi) is 5.40. The van der Waals surface area contributed by atoms with E-state index in [9.17, 15) is 9.59 Å². The molecule has 0 radical (unpaired) electrons. The van der Waals surface area contributed by atoms with E-state index in [4.69, 9.17) is 5.73 Å². The second-order valence-electron chi connectivity index (χ2n) is 6.29. The molecule has 1 saturated carbocycles. The highest BCUT2D eigenvalue weighted by Gasteiger charge is 2.29. The Hall–Kier alpha value is -1.10. The number of likely N-dealkylation sites (tertiary alicyclic amines) is 1. The third kappa shape index (κ3) is 3.95. The highest BCUT2D eigenvalue weighted by atomic mass is 16.2. The third-order valence-electron chi connectivity index (χ3n) is 4.68. The third-order valence-corrected chi connectivity index (χ3v) is 4.68. The van der Waals surface area contributed by atoms with Gasteiger partial charge in [-0.2, -0.15) is 0 Å². The van der Waals surface area contributed by atoms with Gasteiger partial charge in [-0.05, 0) is 38.0 Å². The van der Waals surface area contributed by atoms with Crippen molar-refractivity contribution in [3.05, 3.63) is 0 Å². The van der Waals surface area contributed by atoms with Crippen molar-refractivity contribution in [2.75, 3.05) is 20.1 Å². The molecule has 20 heavy (non-hydrogen) atoms. The summed E-state index contributed by atoms with van der Waals surface area (Å²) >= 11 is 0. The lowest BCUT2D eigenvalue weighted by molar-refractivity contribution is -0.136. The lowest BCUT2D eigenvalue weighted by atomic mass is 9.83. The van der Waals surface area contributed by atoms with Gasteiger partial charge in [0.15, 0.2) is 0 Å². The van der Waals surface area contributed by atoms with E-state index in [0.717, 1.165) is 45.1 Å². The lowest BCUT2D eigenvalue weighted by Gasteiger charge is -2.34. The topological polar surface area (TPSA) is 75.4 Å². The van der Waals surface area contributed by atoms with Crippen molar-refractivity contribution >= 4 is 11.8 Å². The molecule has 3 atom stereocenters. The number of carbonyl (C=O) groups excluding carboxylic acids is 2. The largest absolute Gasteiger partial charge is 0.359 e. The van der Waals surface area contributed by atoms with Crippen molar-refractivity contribution in [3.63, 3.8) is 0 Å². The van der Waals surface area contributed by atoms with Gasteiger partial charge in [0.05, 0.1) is 5.92 Å². The van der Waals surface area contributed by atoms with Gasteiger partial charge in [-0.3, -0.25) is 9.59 Å². The Balaban J connectivity index is 1.83. The number of carbonyl (C=O) groups is 2. The summed E-state index contributed by atoms with van der Waals surface area (Å²) < 4.78 is 0. The van der Waals surface area contributed by atoms with Crippen molar-refractivity contribution in [3.8, 4) is 0 Å². The summed E-state index contributed by atoms with van der Waals surface area (Å²) in [5.74, 6) is 0.665. The molecule has 3 unspecified atom stereocenters. The van der Waals surface area contributed by atoms with Crippen molar-refractivity contribution in [1.29, 1.82) is 0 Å². The molecule has 0 aromatic rings. The maximum atomic E-state index is 12.4. The Morgan fingerprint density at radius 1 is 1.25 bits per heavy atom. The van der Waals surface area contributed by atoms with Crippen LogP contribution >= 0.6 is 0 Å². The van der Waals surface area contributed by atoms with E-state index >= 15 is 0 Å². The second-order valence-corrected chi connectivity index (χ2v) is 6.29. The molecule has 5 nitrogen and oxygen atoms in total. The summed E-state index contributed by atoms with van der Waals surface area (Å²) in [5, 5.41) is 2.69. The molecule has 3 N–H and O–H groups in total. The summed E-state index contributed by atoms with van der Waals surface area (Å²) in [6.07, 6.45) is 6.73. The number of hydrogen-bond donors (Lipinski definition) is 2. The van der Waals surface area contributed by atoms with E-state index in [1.54, 1.807) is 7.05 Å². The first-order chi connectivity index (χ1) is 9.60. The van der Waals surface area contributed by atoms with Crippen molar-refractivity contribution in [1.82, 2.24) is 10.2 Å². The SMILES string of the molecule is CNC(=O)C1CCCN(C(=O)CC2CCCC(N)C2)C1. The fourth-order valence-electron chi connectivity index (χ4n) is 3.52. The zero-order valence-electron chi connectivity index (χ0n) is 12.4. The van der Waals surface area contributed by atoms with E-state index in [2.05, 4.69) is 5.32 Å². The van der Waals surface area contributed by atoms with E-state index in [1.165, 1.54) is 0 Å². The minimum absolute atomic E-state index is 0.0358. The van der Waals surface area contributed by atoms with E-state index in [-0.39, 0.29) is 23.8 Å². The zero-order chi connectivity index (χ0) is 14.5. The maximum absolute atomic E-state index is 12.4. The molecule has 114 valence electrons. The maximum Gasteiger partial charge on any atom is 0.224 e. The number of nitrogens with two attached hydrogens (primary N) is 1. The van der Waals surface area contributed by atoms with Crippen LogP contribution in [0.3, 0.4) is 0 Å². The average Bonchev–Trinajstić information content (AvgIpc) is 2.46. The first-order valence-electron chi connectivity index (χ1n) is 7.85. The minimum Gasteiger partial charge on any atom is -0.359 e. The van der Waals surface area contributed by atoms with Gasteiger partial charge in [-0.1, -0.05) is 6.42 Å². The number of nitrogens with zero attached hydrogens (tertiary/aromatic N) is 1. The zero-order valence-corrected chi connectivity index (χ0v) is 12.4. The highest BCUT2D eigenvalue weighted by Crippen LogP contribution is 2.27. The Morgan fingerprint density at radius 2 is 2.05 bits per heavy atom. The van der Waals surface area contributed by atoms with Crippen LogP contribution in [0, 0.1) is 11.8 Å². The van der Waals surface area contributed by atoms with Crippen LogP contribution in [0.25, 0.3) is 0 Å². The number of piperidine rings is 1. The Labute approximate surface area is 121 Å². The molecule has 1 aliphatic carbocycles. The molecule has 0 aromatic heterocycles. The van der Waals surface area contributed by atoms with Crippen LogP contribution in [0.15, 0.2) is 0 Å². The molecule has 2 rings (SSSR count). The van der Waals surface area contributed by atoms with E-state index in [1.807, 2.05) is 4.90 Å². The summed E-state index contributed by atoms with van der Waals surface area (Å²) in [6.45, 7) is 1.38. The van der Waals surface area contributed by atoms with E-state index < -0.39 is 0 Å². The molecule has 0 aromatic carbocycles. The van der Waals surface area contributed by atoms with Gasteiger partial charge in [-0.25, -0.2) is 0 Å². The normalized spacial score (nSPS) is 30.9. The predicted molar refractivity (Wildman–Crippen MR) is 77.9 cm³/mol. The van der Waals surface area contributed by atoms with Crippen LogP contribution in [-0.2, 0) is 9.59 Å². The number of hydrogen-bond acceptors (Lipinski definition) is 3. The molecule has 0 spiro atoms. The van der Waals surface area contributed by atoms with Crippen LogP contribution in [-0.4, -0.2) is 42.9 Å². The van der Waals surface area contributed by atoms with Crippen LogP contribution < -0.4 is 11.1 Å². The average molecular weight is 281 g/mol. The Bertz CT molecular complexity index is 359. The van der Waals surface area contributed by atoms with Crippen LogP contribution in [0.5, 0.6) is 0 Å². The molecular formula is C15H27N3O2. The molecular weight excluding hydrogens is 254 g/mol. The van der Waals surface area contributed by atoms with Gasteiger partial charge in [0.2, 0.25) is 11.8 Å². The van der Waals surface area contributed by atoms with Gasteiger partial charge < -0.3 is 16.0 Å². The van der Waals surface area contributed by atoms with Crippen molar-refractivity contribution in [2.45, 2.75) is 51.0 Å². The fraction of sp³-hybridized carbons (Fsp3) is 0.867. The minimum atomic E-state index is -0.0358. The standard InChI is InChI=1S/C15H27N3O2/c1-17-15(20)12-5-3-7-18(10-12)14(19)9-11-4-2-6-13(16)8-11/h11-13H,2-10,16H2,1H3,(H,17,20). The van der Waals surface area contributed by atoms with Gasteiger partial charge in [0.25, 0.3) is 0 Å². The van der Waals surface area contributed by atoms with Crippen molar-refractivity contribution < 1.29 is 9.59 Å². The van der Waals surface area contributed by atoms with Gasteiger partial charge in [0, 0.05) is 32.6 Å². The summed E-state index contributed by atoms with van der Waals surface area (Å²) in [6, 6.07) is 0.265. The van der Waals surface area contributed by atoms with E-state index in [0.29, 0.717) is 18.9 Å². The molecule has 0 bridgehead atoms. The first-order valence-corrected chi connectivity index (χ1v) is 7.85. The fourth-order valence-corrected chi connectivity index (χ4v) is 3.52. The molecule has 2 fully saturated rings. The molecule has 1 saturated heterocycles. The number of amides is 2. The predicted octanol–water partition coefficient (Wildman–Crippen LogP) is 0.879. The summed E-state index contributed by atoms with van der Waals surface area (Å²) in [7, 11) is 1.66. The molecule has 2 amide bonds. The van der Waals surface area contributed by atoms with Gasteiger partial charge >= 0.3 is 0 Å². The number of rotatable bonds is 3. The van der Waals surface area contributed by atoms with Gasteiger partial charge in [0.1, 0.15) is 0 Å². The van der Waals surface area contributed by atoms with Crippen LogP contribution in [0.2, 0.25) is 0 Å². The molecule has 5 heteroatoms. The second kappa shape index (κ2) is 7.07. The summed E-state index contributed by atoms with van der Waals surface area (Å²) in [5.41, 5.74) is 5.98. The molecule has 1 heterocycles. The van der Waals surface area contributed by atoms with Crippen LogP contribution in [0.4, 0.5) is 0 Å². The molecule has 1 aliphatic heterocycles. The molecule has 2 aliphatic rings. The quantitative estimate of drug-likeness (QED) is 0.806. The highest BCUT2D eigenvalue weighted by molar-refractivity contribution is 5.81. The lowest BCUT2D eigenvalue weighted by Crippen LogP contribution is -2.45. The van der Waals surface area contributed by atoms with Crippen LogP contribution in [0.1, 0.15) is 44.9 Å². The number of nitrogens with one attached hydrogen (secondary N) is 1. The first kappa shape index (κ1) is 15.3. The smallest absolute Gasteiger partial charge is 0.224 e. The Morgan fingerprint density at radius 3 is 2.75 bits per heavy atom. The van der Waals surface area contributed by atoms with Gasteiger partial charge in [-0.15, -0.1) is 0 Å².